The van der Waals surface area contributed by atoms with Crippen molar-refractivity contribution in [2.45, 2.75) is 59.0 Å². The third-order valence-electron chi connectivity index (χ3n) is 3.62. The molecule has 0 aromatic carbocycles. The number of halogens is 1. The zero-order valence-corrected chi connectivity index (χ0v) is 15.5. The number of hydrogen-bond donors (Lipinski definition) is 2. The fraction of sp³-hybridized carbons (Fsp3) is 0.786. The van der Waals surface area contributed by atoms with Crippen LogP contribution in [-0.2, 0) is 17.7 Å². The highest BCUT2D eigenvalue weighted by Gasteiger charge is 2.14. The maximum absolute atomic E-state index is 10.8. The van der Waals surface area contributed by atoms with E-state index in [9.17, 15) is 4.57 Å². The molecular formula is C14H28BrN2O3P. The van der Waals surface area contributed by atoms with E-state index in [2.05, 4.69) is 18.4 Å². The fourth-order valence-corrected chi connectivity index (χ4v) is 2.91. The maximum Gasteiger partial charge on any atom is 0.325 e. The van der Waals surface area contributed by atoms with E-state index in [4.69, 9.17) is 9.79 Å². The summed E-state index contributed by atoms with van der Waals surface area (Å²) in [4.78, 5) is 17.7. The normalized spacial score (nSPS) is 13.0. The van der Waals surface area contributed by atoms with Crippen molar-refractivity contribution in [3.05, 3.63) is 18.7 Å². The van der Waals surface area contributed by atoms with E-state index in [1.807, 2.05) is 23.3 Å². The Morgan fingerprint density at radius 1 is 1.29 bits per heavy atom. The smallest absolute Gasteiger partial charge is 0.325 e. The minimum atomic E-state index is -3.86. The number of rotatable bonds is 10. The van der Waals surface area contributed by atoms with Crippen LogP contribution in [0, 0.1) is 5.92 Å². The first-order valence-electron chi connectivity index (χ1n) is 7.54. The first kappa shape index (κ1) is 20.8. The molecule has 1 rings (SSSR count). The van der Waals surface area contributed by atoms with Gasteiger partial charge in [0, 0.05) is 0 Å². The van der Waals surface area contributed by atoms with Crippen LogP contribution in [0.5, 0.6) is 0 Å². The van der Waals surface area contributed by atoms with Crippen LogP contribution in [0.2, 0.25) is 0 Å². The molecule has 1 heterocycles. The monoisotopic (exact) mass is 382 g/mol. The van der Waals surface area contributed by atoms with Crippen molar-refractivity contribution in [3.63, 3.8) is 0 Å². The van der Waals surface area contributed by atoms with Gasteiger partial charge in [0.15, 0.2) is 0 Å². The van der Waals surface area contributed by atoms with Gasteiger partial charge in [0.1, 0.15) is 12.4 Å². The van der Waals surface area contributed by atoms with Gasteiger partial charge >= 0.3 is 7.60 Å². The van der Waals surface area contributed by atoms with E-state index in [1.165, 1.54) is 25.7 Å². The zero-order valence-electron chi connectivity index (χ0n) is 13.0. The quantitative estimate of drug-likeness (QED) is 0.426. The van der Waals surface area contributed by atoms with E-state index >= 15 is 0 Å². The topological polar surface area (TPSA) is 66.3 Å². The molecule has 0 spiro atoms. The Morgan fingerprint density at radius 2 is 2.00 bits per heavy atom. The lowest BCUT2D eigenvalue weighted by Gasteiger charge is -2.11. The second kappa shape index (κ2) is 10.5. The summed E-state index contributed by atoms with van der Waals surface area (Å²) in [5, 5.41) is 0. The van der Waals surface area contributed by atoms with Crippen LogP contribution in [0.3, 0.4) is 0 Å². The predicted octanol–water partition coefficient (Wildman–Crippen LogP) is -0.436. The second-order valence-electron chi connectivity index (χ2n) is 5.51. The largest absolute Gasteiger partial charge is 1.00 e. The molecule has 1 aromatic heterocycles. The summed E-state index contributed by atoms with van der Waals surface area (Å²) in [7, 11) is -3.86. The molecule has 1 atom stereocenters. The van der Waals surface area contributed by atoms with E-state index in [0.717, 1.165) is 6.54 Å². The molecule has 124 valence electrons. The van der Waals surface area contributed by atoms with Crippen LogP contribution in [0.15, 0.2) is 18.7 Å². The Morgan fingerprint density at radius 3 is 2.57 bits per heavy atom. The van der Waals surface area contributed by atoms with Crippen LogP contribution in [0.25, 0.3) is 0 Å². The highest BCUT2D eigenvalue weighted by Crippen LogP contribution is 2.34. The zero-order chi connectivity index (χ0) is 15.0. The summed E-state index contributed by atoms with van der Waals surface area (Å²) >= 11 is 0. The van der Waals surface area contributed by atoms with E-state index in [-0.39, 0.29) is 23.1 Å². The third-order valence-corrected chi connectivity index (χ3v) is 4.52. The SMILES string of the molecule is CCCCC(CC)Cn1cc[n+](CCCP(=O)(O)O)c1.[Br-]. The molecule has 0 saturated carbocycles. The number of hydrogen-bond acceptors (Lipinski definition) is 1. The van der Waals surface area contributed by atoms with Crippen molar-refractivity contribution in [3.8, 4) is 0 Å². The summed E-state index contributed by atoms with van der Waals surface area (Å²) < 4.78 is 15.0. The van der Waals surface area contributed by atoms with E-state index in [1.54, 1.807) is 0 Å². The van der Waals surface area contributed by atoms with Gasteiger partial charge < -0.3 is 26.8 Å². The lowest BCUT2D eigenvalue weighted by molar-refractivity contribution is -0.696. The molecule has 0 bridgehead atoms. The molecular weight excluding hydrogens is 355 g/mol. The van der Waals surface area contributed by atoms with Crippen LogP contribution in [0.4, 0.5) is 0 Å². The van der Waals surface area contributed by atoms with Crippen molar-refractivity contribution in [1.82, 2.24) is 4.57 Å². The Kier molecular flexibility index (Phi) is 10.5. The summed E-state index contributed by atoms with van der Waals surface area (Å²) in [6.45, 7) is 6.14. The van der Waals surface area contributed by atoms with Gasteiger partial charge in [-0.1, -0.05) is 26.7 Å². The van der Waals surface area contributed by atoms with Gasteiger partial charge in [-0.3, -0.25) is 4.57 Å². The number of unbranched alkanes of at least 4 members (excludes halogenated alkanes) is 1. The molecule has 1 unspecified atom stereocenters. The molecule has 5 nitrogen and oxygen atoms in total. The summed E-state index contributed by atoms with van der Waals surface area (Å²) in [6, 6.07) is 0. The first-order chi connectivity index (χ1) is 9.44. The highest BCUT2D eigenvalue weighted by molar-refractivity contribution is 7.51. The molecule has 0 aliphatic heterocycles. The number of nitrogens with zero attached hydrogens (tertiary/aromatic N) is 2. The average Bonchev–Trinajstić information content (AvgIpc) is 2.80. The minimum Gasteiger partial charge on any atom is -1.00 e. The van der Waals surface area contributed by atoms with Crippen molar-refractivity contribution in [2.24, 2.45) is 5.92 Å². The average molecular weight is 383 g/mol. The number of imidazole rings is 1. The third kappa shape index (κ3) is 9.46. The van der Waals surface area contributed by atoms with Crippen LogP contribution < -0.4 is 21.5 Å². The van der Waals surface area contributed by atoms with E-state index in [0.29, 0.717) is 18.9 Å². The van der Waals surface area contributed by atoms with Crippen molar-refractivity contribution in [1.29, 1.82) is 0 Å². The van der Waals surface area contributed by atoms with Gasteiger partial charge in [0.2, 0.25) is 6.33 Å². The lowest BCUT2D eigenvalue weighted by atomic mass is 9.99. The molecule has 0 aliphatic carbocycles. The molecule has 7 heteroatoms. The second-order valence-corrected chi connectivity index (χ2v) is 7.28. The highest BCUT2D eigenvalue weighted by atomic mass is 79.9. The first-order valence-corrected chi connectivity index (χ1v) is 9.33. The Bertz CT molecular complexity index is 434. The van der Waals surface area contributed by atoms with E-state index < -0.39 is 7.60 Å². The fourth-order valence-electron chi connectivity index (χ4n) is 2.35. The Labute approximate surface area is 138 Å². The molecule has 0 saturated heterocycles. The minimum absolute atomic E-state index is 0. The molecule has 21 heavy (non-hydrogen) atoms. The Balaban J connectivity index is 0.00000400. The van der Waals surface area contributed by atoms with Crippen LogP contribution in [-0.4, -0.2) is 20.5 Å². The van der Waals surface area contributed by atoms with Crippen molar-refractivity contribution in [2.75, 3.05) is 6.16 Å². The predicted molar refractivity (Wildman–Crippen MR) is 79.5 cm³/mol. The molecule has 2 N–H and O–H groups in total. The van der Waals surface area contributed by atoms with Crippen molar-refractivity contribution < 1.29 is 35.9 Å². The summed E-state index contributed by atoms with van der Waals surface area (Å²) in [5.74, 6) is 0.714. The van der Waals surface area contributed by atoms with Crippen LogP contribution in [0.1, 0.15) is 46.0 Å². The van der Waals surface area contributed by atoms with Gasteiger partial charge in [-0.25, -0.2) is 9.13 Å². The Hall–Kier alpha value is -0.160. The summed E-state index contributed by atoms with van der Waals surface area (Å²) in [5.41, 5.74) is 0. The molecule has 0 radical (unpaired) electrons. The molecule has 0 aliphatic rings. The standard InChI is InChI=1S/C14H27N2O3P.BrH/c1-3-5-7-14(4-2)12-16-10-9-15(13-16)8-6-11-20(17,18)19;/h9-10,13-14H,3-8,11-12H2,1-2H3,(H-,17,18,19);1H. The number of aryl methyl sites for hydroxylation is 1. The lowest BCUT2D eigenvalue weighted by Crippen LogP contribution is -3.00. The van der Waals surface area contributed by atoms with Gasteiger partial charge in [-0.2, -0.15) is 0 Å². The van der Waals surface area contributed by atoms with Gasteiger partial charge in [0.25, 0.3) is 0 Å². The molecule has 0 fully saturated rings. The van der Waals surface area contributed by atoms with Gasteiger partial charge in [-0.05, 0) is 25.2 Å². The summed E-state index contributed by atoms with van der Waals surface area (Å²) in [6.07, 6.45) is 11.5. The van der Waals surface area contributed by atoms with Gasteiger partial charge in [0.05, 0.1) is 19.3 Å². The van der Waals surface area contributed by atoms with Crippen LogP contribution >= 0.6 is 7.60 Å². The van der Waals surface area contributed by atoms with Crippen molar-refractivity contribution >= 4 is 7.60 Å². The van der Waals surface area contributed by atoms with Gasteiger partial charge in [-0.15, -0.1) is 0 Å². The molecule has 0 amide bonds. The maximum atomic E-state index is 10.8. The number of aromatic nitrogens is 2. The molecule has 1 aromatic rings.